The van der Waals surface area contributed by atoms with E-state index >= 15 is 0 Å². The zero-order valence-electron chi connectivity index (χ0n) is 12.3. The van der Waals surface area contributed by atoms with Gasteiger partial charge in [-0.2, -0.15) is 9.61 Å². The Kier molecular flexibility index (Phi) is 4.15. The highest BCUT2D eigenvalue weighted by atomic mass is 32.2. The average Bonchev–Trinajstić information content (AvgIpc) is 3.13. The summed E-state index contributed by atoms with van der Waals surface area (Å²) in [4.78, 5) is 0.630. The summed E-state index contributed by atoms with van der Waals surface area (Å²) < 4.78 is 39.1. The Balaban J connectivity index is 1.82. The Hall–Kier alpha value is -2.24. The molecule has 2 heterocycles. The van der Waals surface area contributed by atoms with Crippen molar-refractivity contribution >= 4 is 26.3 Å². The van der Waals surface area contributed by atoms with Gasteiger partial charge in [-0.1, -0.05) is 11.3 Å². The second kappa shape index (κ2) is 6.10. The van der Waals surface area contributed by atoms with Crippen LogP contribution in [0.3, 0.4) is 0 Å². The molecule has 1 N–H and O–H groups in total. The summed E-state index contributed by atoms with van der Waals surface area (Å²) in [7, 11) is -0.862. The molecular weight excluding hydrogens is 342 g/mol. The van der Waals surface area contributed by atoms with Gasteiger partial charge in [-0.25, -0.2) is 13.1 Å². The highest BCUT2D eigenvalue weighted by molar-refractivity contribution is 7.89. The van der Waals surface area contributed by atoms with Gasteiger partial charge in [0.25, 0.3) is 0 Å². The molecule has 0 atom stereocenters. The maximum atomic E-state index is 12.4. The van der Waals surface area contributed by atoms with Crippen molar-refractivity contribution in [3.63, 3.8) is 0 Å². The van der Waals surface area contributed by atoms with Gasteiger partial charge in [-0.15, -0.1) is 10.2 Å². The lowest BCUT2D eigenvalue weighted by atomic mass is 10.3. The second-order valence-electron chi connectivity index (χ2n) is 4.40. The predicted molar refractivity (Wildman–Crippen MR) is 82.2 cm³/mol. The lowest BCUT2D eigenvalue weighted by Crippen LogP contribution is -2.23. The van der Waals surface area contributed by atoms with E-state index in [1.807, 2.05) is 0 Å². The standard InChI is InChI=1S/C12H13N5O4S2/c1-20-8-3-4-10(9(5-8)21-2)23(18,19)14-6-11-16-17-7-13-15-12(17)22-11/h3-5,7,14H,6H2,1-2H3. The predicted octanol–water partition coefficient (Wildman–Crippen LogP) is 0.681. The molecule has 0 fully saturated rings. The number of sulfonamides is 1. The van der Waals surface area contributed by atoms with Crippen LogP contribution in [-0.4, -0.2) is 42.4 Å². The number of benzene rings is 1. The number of ether oxygens (including phenoxy) is 2. The van der Waals surface area contributed by atoms with Crippen LogP contribution in [-0.2, 0) is 16.6 Å². The number of aromatic nitrogens is 4. The Morgan fingerprint density at radius 1 is 1.30 bits per heavy atom. The van der Waals surface area contributed by atoms with E-state index in [0.717, 1.165) is 0 Å². The minimum Gasteiger partial charge on any atom is -0.497 e. The van der Waals surface area contributed by atoms with Crippen molar-refractivity contribution in [1.82, 2.24) is 24.5 Å². The number of nitrogens with one attached hydrogen (secondary N) is 1. The summed E-state index contributed by atoms with van der Waals surface area (Å²) in [6, 6.07) is 4.50. The van der Waals surface area contributed by atoms with Crippen molar-refractivity contribution in [2.24, 2.45) is 0 Å². The molecule has 11 heteroatoms. The molecule has 0 saturated heterocycles. The van der Waals surface area contributed by atoms with Crippen molar-refractivity contribution in [1.29, 1.82) is 0 Å². The van der Waals surface area contributed by atoms with Gasteiger partial charge < -0.3 is 9.47 Å². The van der Waals surface area contributed by atoms with Gasteiger partial charge in [0.2, 0.25) is 15.0 Å². The fraction of sp³-hybridized carbons (Fsp3) is 0.250. The van der Waals surface area contributed by atoms with Crippen LogP contribution >= 0.6 is 11.3 Å². The van der Waals surface area contributed by atoms with Gasteiger partial charge in [-0.05, 0) is 12.1 Å². The van der Waals surface area contributed by atoms with Crippen LogP contribution in [0.15, 0.2) is 29.4 Å². The minimum absolute atomic E-state index is 0.0313. The molecule has 0 unspecified atom stereocenters. The number of fused-ring (bicyclic) bond motifs is 1. The molecule has 0 spiro atoms. The van der Waals surface area contributed by atoms with E-state index < -0.39 is 10.0 Å². The normalized spacial score (nSPS) is 11.7. The van der Waals surface area contributed by atoms with Crippen LogP contribution in [0.2, 0.25) is 0 Å². The van der Waals surface area contributed by atoms with E-state index in [2.05, 4.69) is 20.0 Å². The van der Waals surface area contributed by atoms with Gasteiger partial charge in [-0.3, -0.25) is 0 Å². The van der Waals surface area contributed by atoms with Crippen LogP contribution in [0.4, 0.5) is 0 Å². The summed E-state index contributed by atoms with van der Waals surface area (Å²) in [5.41, 5.74) is 0. The molecule has 122 valence electrons. The maximum Gasteiger partial charge on any atom is 0.244 e. The smallest absolute Gasteiger partial charge is 0.244 e. The van der Waals surface area contributed by atoms with Crippen molar-refractivity contribution in [3.8, 4) is 11.5 Å². The van der Waals surface area contributed by atoms with Crippen molar-refractivity contribution in [3.05, 3.63) is 29.5 Å². The second-order valence-corrected chi connectivity index (χ2v) is 7.17. The topological polar surface area (TPSA) is 108 Å². The first-order valence-corrected chi connectivity index (χ1v) is 8.71. The van der Waals surface area contributed by atoms with E-state index in [9.17, 15) is 8.42 Å². The van der Waals surface area contributed by atoms with E-state index in [1.54, 1.807) is 6.07 Å². The first-order valence-electron chi connectivity index (χ1n) is 6.41. The Morgan fingerprint density at radius 3 is 2.83 bits per heavy atom. The van der Waals surface area contributed by atoms with Crippen LogP contribution < -0.4 is 14.2 Å². The van der Waals surface area contributed by atoms with Gasteiger partial charge in [0.05, 0.1) is 20.8 Å². The Labute approximate surface area is 135 Å². The Bertz CT molecular complexity index is 905. The van der Waals surface area contributed by atoms with Crippen LogP contribution in [0.5, 0.6) is 11.5 Å². The molecule has 9 nitrogen and oxygen atoms in total. The summed E-state index contributed by atoms with van der Waals surface area (Å²) in [6.07, 6.45) is 1.45. The van der Waals surface area contributed by atoms with E-state index in [-0.39, 0.29) is 17.2 Å². The van der Waals surface area contributed by atoms with Gasteiger partial charge >= 0.3 is 0 Å². The van der Waals surface area contributed by atoms with Gasteiger partial charge in [0, 0.05) is 6.07 Å². The molecule has 0 saturated carbocycles. The largest absolute Gasteiger partial charge is 0.497 e. The summed E-state index contributed by atoms with van der Waals surface area (Å²) in [5, 5.41) is 12.3. The summed E-state index contributed by atoms with van der Waals surface area (Å²) >= 11 is 1.26. The fourth-order valence-electron chi connectivity index (χ4n) is 1.90. The molecule has 0 amide bonds. The van der Waals surface area contributed by atoms with Crippen LogP contribution in [0, 0.1) is 0 Å². The molecule has 3 aromatic rings. The third kappa shape index (κ3) is 3.11. The third-order valence-electron chi connectivity index (χ3n) is 3.00. The Morgan fingerprint density at radius 2 is 2.13 bits per heavy atom. The van der Waals surface area contributed by atoms with Crippen molar-refractivity contribution in [2.45, 2.75) is 11.4 Å². The molecule has 23 heavy (non-hydrogen) atoms. The minimum atomic E-state index is -3.76. The molecule has 0 aliphatic heterocycles. The molecule has 0 aliphatic carbocycles. The third-order valence-corrected chi connectivity index (χ3v) is 5.36. The monoisotopic (exact) mass is 355 g/mol. The van der Waals surface area contributed by atoms with E-state index in [1.165, 1.54) is 48.5 Å². The lowest BCUT2D eigenvalue weighted by molar-refractivity contribution is 0.386. The molecule has 2 aromatic heterocycles. The van der Waals surface area contributed by atoms with Crippen molar-refractivity contribution in [2.75, 3.05) is 14.2 Å². The maximum absolute atomic E-state index is 12.4. The van der Waals surface area contributed by atoms with Crippen molar-refractivity contribution < 1.29 is 17.9 Å². The number of hydrogen-bond acceptors (Lipinski definition) is 8. The van der Waals surface area contributed by atoms with E-state index in [4.69, 9.17) is 9.47 Å². The highest BCUT2D eigenvalue weighted by Gasteiger charge is 2.20. The van der Waals surface area contributed by atoms with Gasteiger partial charge in [0.1, 0.15) is 27.7 Å². The highest BCUT2D eigenvalue weighted by Crippen LogP contribution is 2.28. The number of methoxy groups -OCH3 is 2. The van der Waals surface area contributed by atoms with E-state index in [0.29, 0.717) is 15.7 Å². The molecule has 3 rings (SSSR count). The van der Waals surface area contributed by atoms with Gasteiger partial charge in [0.15, 0.2) is 0 Å². The lowest BCUT2D eigenvalue weighted by Gasteiger charge is -2.11. The molecule has 0 aliphatic rings. The SMILES string of the molecule is COc1ccc(S(=O)(=O)NCc2nn3cnnc3s2)c(OC)c1. The number of rotatable bonds is 6. The average molecular weight is 355 g/mol. The molecule has 1 aromatic carbocycles. The first kappa shape index (κ1) is 15.6. The fourth-order valence-corrected chi connectivity index (χ4v) is 3.89. The molecular formula is C12H13N5O4S2. The summed E-state index contributed by atoms with van der Waals surface area (Å²) in [5.74, 6) is 0.712. The number of hydrogen-bond donors (Lipinski definition) is 1. The zero-order valence-corrected chi connectivity index (χ0v) is 13.9. The van der Waals surface area contributed by atoms with Crippen LogP contribution in [0.1, 0.15) is 5.01 Å². The molecule has 0 bridgehead atoms. The quantitative estimate of drug-likeness (QED) is 0.693. The number of nitrogens with zero attached hydrogens (tertiary/aromatic N) is 4. The summed E-state index contributed by atoms with van der Waals surface area (Å²) in [6.45, 7) is 0.0472. The first-order chi connectivity index (χ1) is 11.0. The molecule has 0 radical (unpaired) electrons. The van der Waals surface area contributed by atoms with Crippen LogP contribution in [0.25, 0.3) is 4.96 Å². The zero-order chi connectivity index (χ0) is 16.4.